The summed E-state index contributed by atoms with van der Waals surface area (Å²) < 4.78 is 5.85. The van der Waals surface area contributed by atoms with Gasteiger partial charge in [0.05, 0.1) is 19.8 Å². The van der Waals surface area contributed by atoms with Gasteiger partial charge < -0.3 is 15.0 Å². The average Bonchev–Trinajstić information content (AvgIpc) is 3.21. The molecule has 26 heavy (non-hydrogen) atoms. The van der Waals surface area contributed by atoms with E-state index in [1.165, 1.54) is 29.5 Å². The Kier molecular flexibility index (Phi) is 7.08. The normalized spacial score (nSPS) is 14.7. The minimum absolute atomic E-state index is 0.624. The van der Waals surface area contributed by atoms with E-state index in [9.17, 15) is 0 Å². The molecule has 1 saturated heterocycles. The number of ether oxygens (including phenoxy) is 1. The third-order valence-corrected chi connectivity index (χ3v) is 4.52. The molecule has 0 bridgehead atoms. The minimum Gasteiger partial charge on any atom is -0.372 e. The average molecular weight is 351 g/mol. The van der Waals surface area contributed by atoms with Crippen LogP contribution in [-0.4, -0.2) is 30.5 Å². The smallest absolute Gasteiger partial charge is 0.194 e. The van der Waals surface area contributed by atoms with Crippen LogP contribution >= 0.6 is 0 Å². The summed E-state index contributed by atoms with van der Waals surface area (Å²) in [6, 6.07) is 18.8. The number of likely N-dealkylation sites (tertiary alicyclic amines) is 1. The van der Waals surface area contributed by atoms with Gasteiger partial charge in [-0.25, -0.2) is 4.99 Å². The molecule has 1 heterocycles. The van der Waals surface area contributed by atoms with Crippen molar-refractivity contribution in [3.05, 3.63) is 71.3 Å². The molecule has 0 unspecified atom stereocenters. The van der Waals surface area contributed by atoms with E-state index in [2.05, 4.69) is 53.5 Å². The van der Waals surface area contributed by atoms with Crippen LogP contribution in [0.15, 0.2) is 59.6 Å². The second-order valence-electron chi connectivity index (χ2n) is 6.66. The third-order valence-electron chi connectivity index (χ3n) is 4.52. The van der Waals surface area contributed by atoms with Gasteiger partial charge >= 0.3 is 0 Å². The van der Waals surface area contributed by atoms with Crippen LogP contribution in [0, 0.1) is 0 Å². The number of benzene rings is 2. The molecule has 138 valence electrons. The molecule has 0 aromatic heterocycles. The molecular weight excluding hydrogens is 322 g/mol. The predicted octanol–water partition coefficient (Wildman–Crippen LogP) is 3.96. The van der Waals surface area contributed by atoms with Gasteiger partial charge in [-0.2, -0.15) is 0 Å². The fraction of sp³-hybridized carbons (Fsp3) is 0.409. The third kappa shape index (κ3) is 5.60. The Bertz CT molecular complexity index is 694. The zero-order valence-corrected chi connectivity index (χ0v) is 15.7. The van der Waals surface area contributed by atoms with E-state index in [0.29, 0.717) is 19.8 Å². The van der Waals surface area contributed by atoms with Crippen LogP contribution in [0.4, 0.5) is 0 Å². The van der Waals surface area contributed by atoms with Crippen molar-refractivity contribution in [1.82, 2.24) is 10.2 Å². The summed E-state index contributed by atoms with van der Waals surface area (Å²) in [7, 11) is 0. The maximum Gasteiger partial charge on any atom is 0.194 e. The molecule has 1 aliphatic heterocycles. The minimum atomic E-state index is 0.624. The number of hydrogen-bond donors (Lipinski definition) is 1. The topological polar surface area (TPSA) is 36.9 Å². The number of nitrogens with one attached hydrogen (secondary N) is 1. The summed E-state index contributed by atoms with van der Waals surface area (Å²) in [5.74, 6) is 1.04. The first-order valence-electron chi connectivity index (χ1n) is 9.58. The first kappa shape index (κ1) is 18.5. The number of nitrogens with zero attached hydrogens (tertiary/aromatic N) is 2. The van der Waals surface area contributed by atoms with E-state index < -0.39 is 0 Å². The summed E-state index contributed by atoms with van der Waals surface area (Å²) >= 11 is 0. The zero-order chi connectivity index (χ0) is 18.0. The van der Waals surface area contributed by atoms with Gasteiger partial charge in [0.15, 0.2) is 5.96 Å². The molecule has 2 aromatic rings. The second-order valence-corrected chi connectivity index (χ2v) is 6.66. The van der Waals surface area contributed by atoms with Crippen LogP contribution in [0.1, 0.15) is 36.5 Å². The molecule has 1 aliphatic rings. The molecule has 0 atom stereocenters. The summed E-state index contributed by atoms with van der Waals surface area (Å²) in [5.41, 5.74) is 3.62. The lowest BCUT2D eigenvalue weighted by molar-refractivity contribution is 0.107. The van der Waals surface area contributed by atoms with Crippen molar-refractivity contribution >= 4 is 5.96 Å². The van der Waals surface area contributed by atoms with Crippen molar-refractivity contribution < 1.29 is 4.74 Å². The van der Waals surface area contributed by atoms with E-state index in [4.69, 9.17) is 9.73 Å². The fourth-order valence-electron chi connectivity index (χ4n) is 3.20. The van der Waals surface area contributed by atoms with Gasteiger partial charge in [-0.15, -0.1) is 0 Å². The van der Waals surface area contributed by atoms with Crippen LogP contribution in [0.3, 0.4) is 0 Å². The van der Waals surface area contributed by atoms with Crippen molar-refractivity contribution in [3.8, 4) is 0 Å². The van der Waals surface area contributed by atoms with Crippen LogP contribution in [0.2, 0.25) is 0 Å². The van der Waals surface area contributed by atoms with E-state index in [-0.39, 0.29) is 0 Å². The highest BCUT2D eigenvalue weighted by Gasteiger charge is 2.15. The molecule has 0 spiro atoms. The first-order valence-corrected chi connectivity index (χ1v) is 9.58. The Balaban J connectivity index is 1.55. The van der Waals surface area contributed by atoms with Crippen LogP contribution in [0.25, 0.3) is 0 Å². The van der Waals surface area contributed by atoms with Crippen LogP contribution in [-0.2, 0) is 24.5 Å². The van der Waals surface area contributed by atoms with Gasteiger partial charge in [-0.05, 0) is 36.5 Å². The molecule has 4 nitrogen and oxygen atoms in total. The quantitative estimate of drug-likeness (QED) is 0.606. The van der Waals surface area contributed by atoms with Crippen molar-refractivity contribution in [2.75, 3.05) is 19.6 Å². The largest absolute Gasteiger partial charge is 0.372 e. The van der Waals surface area contributed by atoms with Crippen molar-refractivity contribution in [2.45, 2.75) is 39.5 Å². The fourth-order valence-corrected chi connectivity index (χ4v) is 3.20. The highest BCUT2D eigenvalue weighted by atomic mass is 16.5. The van der Waals surface area contributed by atoms with E-state index in [1.54, 1.807) is 0 Å². The molecular formula is C22H29N3O. The number of hydrogen-bond acceptors (Lipinski definition) is 2. The van der Waals surface area contributed by atoms with Gasteiger partial charge in [-0.1, -0.05) is 54.6 Å². The highest BCUT2D eigenvalue weighted by molar-refractivity contribution is 5.80. The molecule has 3 rings (SSSR count). The highest BCUT2D eigenvalue weighted by Crippen LogP contribution is 2.12. The Hall–Kier alpha value is -2.33. The molecule has 1 fully saturated rings. The summed E-state index contributed by atoms with van der Waals surface area (Å²) in [6.07, 6.45) is 2.53. The lowest BCUT2D eigenvalue weighted by atomic mass is 10.1. The monoisotopic (exact) mass is 351 g/mol. The molecule has 0 amide bonds. The van der Waals surface area contributed by atoms with Gasteiger partial charge in [0.1, 0.15) is 0 Å². The molecule has 0 radical (unpaired) electrons. The Morgan fingerprint density at radius 3 is 2.42 bits per heavy atom. The van der Waals surface area contributed by atoms with Gasteiger partial charge in [-0.3, -0.25) is 0 Å². The van der Waals surface area contributed by atoms with Gasteiger partial charge in [0.25, 0.3) is 0 Å². The lowest BCUT2D eigenvalue weighted by Crippen LogP contribution is -2.39. The van der Waals surface area contributed by atoms with E-state index >= 15 is 0 Å². The molecule has 0 saturated carbocycles. The first-order chi connectivity index (χ1) is 12.8. The van der Waals surface area contributed by atoms with Crippen LogP contribution in [0.5, 0.6) is 0 Å². The van der Waals surface area contributed by atoms with Crippen molar-refractivity contribution in [3.63, 3.8) is 0 Å². The number of guanidine groups is 1. The maximum absolute atomic E-state index is 5.85. The van der Waals surface area contributed by atoms with Gasteiger partial charge in [0.2, 0.25) is 0 Å². The maximum atomic E-state index is 5.85. The van der Waals surface area contributed by atoms with Crippen LogP contribution < -0.4 is 5.32 Å². The second kappa shape index (κ2) is 9.97. The lowest BCUT2D eigenvalue weighted by Gasteiger charge is -2.20. The molecule has 2 aromatic carbocycles. The molecule has 0 aliphatic carbocycles. The SMILES string of the molecule is CCNC(=NCc1cccc(COCc2ccccc2)c1)N1CCCC1. The van der Waals surface area contributed by atoms with Gasteiger partial charge in [0, 0.05) is 19.6 Å². The predicted molar refractivity (Wildman–Crippen MR) is 107 cm³/mol. The summed E-state index contributed by atoms with van der Waals surface area (Å²) in [6.45, 7) is 7.21. The zero-order valence-electron chi connectivity index (χ0n) is 15.7. The summed E-state index contributed by atoms with van der Waals surface area (Å²) in [5, 5.41) is 3.41. The molecule has 4 heteroatoms. The van der Waals surface area contributed by atoms with E-state index in [0.717, 1.165) is 25.6 Å². The van der Waals surface area contributed by atoms with Crippen molar-refractivity contribution in [1.29, 1.82) is 0 Å². The standard InChI is InChI=1S/C22H29N3O/c1-2-23-22(25-13-6-7-14-25)24-16-20-11-8-12-21(15-20)18-26-17-19-9-4-3-5-10-19/h3-5,8-12,15H,2,6-7,13-14,16-18H2,1H3,(H,23,24). The van der Waals surface area contributed by atoms with Crippen molar-refractivity contribution in [2.24, 2.45) is 4.99 Å². The molecule has 1 N–H and O–H groups in total. The number of aliphatic imine (C=N–C) groups is 1. The number of rotatable bonds is 7. The summed E-state index contributed by atoms with van der Waals surface area (Å²) in [4.78, 5) is 7.18. The van der Waals surface area contributed by atoms with E-state index in [1.807, 2.05) is 18.2 Å². The Morgan fingerprint density at radius 1 is 0.962 bits per heavy atom. The Labute approximate surface area is 156 Å². The Morgan fingerprint density at radius 2 is 1.65 bits per heavy atom.